The maximum absolute atomic E-state index is 5.98. The molecule has 84 valence electrons. The molecule has 0 radical (unpaired) electrons. The largest absolute Gasteiger partial charge is 0.316 e. The summed E-state index contributed by atoms with van der Waals surface area (Å²) >= 11 is 5.98. The van der Waals surface area contributed by atoms with Gasteiger partial charge in [0.05, 0.1) is 5.02 Å². The molecule has 0 aromatic carbocycles. The fourth-order valence-electron chi connectivity index (χ4n) is 2.82. The van der Waals surface area contributed by atoms with Crippen molar-refractivity contribution in [1.82, 2.24) is 10.3 Å². The minimum Gasteiger partial charge on any atom is -0.316 e. The summed E-state index contributed by atoms with van der Waals surface area (Å²) in [5, 5.41) is 4.21. The van der Waals surface area contributed by atoms with Gasteiger partial charge in [-0.25, -0.2) is 0 Å². The Morgan fingerprint density at radius 3 is 3.06 bits per heavy atom. The van der Waals surface area contributed by atoms with Crippen LogP contribution in [0, 0.1) is 11.8 Å². The van der Waals surface area contributed by atoms with Crippen LogP contribution in [0.4, 0.5) is 0 Å². The van der Waals surface area contributed by atoms with Crippen LogP contribution in [0.2, 0.25) is 5.02 Å². The zero-order valence-electron chi connectivity index (χ0n) is 9.12. The fourth-order valence-corrected chi connectivity index (χ4v) is 2.99. The highest BCUT2D eigenvalue weighted by Gasteiger charge is 2.26. The van der Waals surface area contributed by atoms with Crippen LogP contribution in [0.25, 0.3) is 5.57 Å². The molecule has 2 aliphatic rings. The standard InChI is InChI=1S/C13H15ClN2/c14-13-4-12(7-16-8-13)11-2-9-1-10(3-11)6-15-5-9/h2,4,7-10,15H,1,3,5-6H2/t9-,10+/m1/s1. The normalized spacial score (nSPS) is 28.7. The van der Waals surface area contributed by atoms with Crippen LogP contribution >= 0.6 is 11.6 Å². The smallest absolute Gasteiger partial charge is 0.0595 e. The lowest BCUT2D eigenvalue weighted by molar-refractivity contribution is 0.317. The molecule has 1 aromatic rings. The van der Waals surface area contributed by atoms with Crippen molar-refractivity contribution in [1.29, 1.82) is 0 Å². The monoisotopic (exact) mass is 234 g/mol. The highest BCUT2D eigenvalue weighted by Crippen LogP contribution is 2.35. The van der Waals surface area contributed by atoms with Crippen LogP contribution in [-0.2, 0) is 0 Å². The summed E-state index contributed by atoms with van der Waals surface area (Å²) in [6.45, 7) is 2.27. The summed E-state index contributed by atoms with van der Waals surface area (Å²) in [5.41, 5.74) is 2.63. The van der Waals surface area contributed by atoms with Gasteiger partial charge in [-0.1, -0.05) is 17.7 Å². The lowest BCUT2D eigenvalue weighted by Gasteiger charge is -2.34. The first-order valence-corrected chi connectivity index (χ1v) is 6.21. The second-order valence-corrected chi connectivity index (χ2v) is 5.24. The lowest BCUT2D eigenvalue weighted by atomic mass is 9.78. The van der Waals surface area contributed by atoms with Gasteiger partial charge in [0.15, 0.2) is 0 Å². The van der Waals surface area contributed by atoms with Crippen molar-refractivity contribution >= 4 is 17.2 Å². The molecule has 0 saturated carbocycles. The molecule has 1 aliphatic heterocycles. The quantitative estimate of drug-likeness (QED) is 0.808. The van der Waals surface area contributed by atoms with Gasteiger partial charge in [0, 0.05) is 18.9 Å². The number of hydrogen-bond acceptors (Lipinski definition) is 2. The summed E-state index contributed by atoms with van der Waals surface area (Å²) in [6, 6.07) is 2.02. The van der Waals surface area contributed by atoms with E-state index >= 15 is 0 Å². The van der Waals surface area contributed by atoms with Crippen LogP contribution < -0.4 is 5.32 Å². The summed E-state index contributed by atoms with van der Waals surface area (Å²) in [4.78, 5) is 4.16. The minimum atomic E-state index is 0.696. The first kappa shape index (κ1) is 10.3. The highest BCUT2D eigenvalue weighted by atomic mass is 35.5. The van der Waals surface area contributed by atoms with Crippen LogP contribution in [-0.4, -0.2) is 18.1 Å². The molecule has 2 bridgehead atoms. The van der Waals surface area contributed by atoms with Gasteiger partial charge in [-0.3, -0.25) is 4.98 Å². The average Bonchev–Trinajstić information content (AvgIpc) is 2.28. The predicted octanol–water partition coefficient (Wildman–Crippen LogP) is 2.75. The summed E-state index contributed by atoms with van der Waals surface area (Å²) in [5.74, 6) is 1.49. The van der Waals surface area contributed by atoms with Crippen molar-refractivity contribution in [2.24, 2.45) is 11.8 Å². The molecule has 0 amide bonds. The van der Waals surface area contributed by atoms with Gasteiger partial charge >= 0.3 is 0 Å². The second kappa shape index (κ2) is 4.19. The van der Waals surface area contributed by atoms with Crippen molar-refractivity contribution in [2.45, 2.75) is 12.8 Å². The molecule has 16 heavy (non-hydrogen) atoms. The molecule has 3 heteroatoms. The van der Waals surface area contributed by atoms with Crippen molar-refractivity contribution in [3.05, 3.63) is 35.1 Å². The Kier molecular flexibility index (Phi) is 2.70. The third kappa shape index (κ3) is 2.00. The Balaban J connectivity index is 1.92. The van der Waals surface area contributed by atoms with E-state index in [-0.39, 0.29) is 0 Å². The van der Waals surface area contributed by atoms with Gasteiger partial charge in [-0.15, -0.1) is 0 Å². The number of fused-ring (bicyclic) bond motifs is 2. The van der Waals surface area contributed by atoms with E-state index in [1.54, 1.807) is 6.20 Å². The number of aromatic nitrogens is 1. The third-order valence-corrected chi connectivity index (χ3v) is 3.70. The minimum absolute atomic E-state index is 0.696. The van der Waals surface area contributed by atoms with E-state index in [9.17, 15) is 0 Å². The molecule has 1 aromatic heterocycles. The molecular weight excluding hydrogens is 220 g/mol. The van der Waals surface area contributed by atoms with Gasteiger partial charge in [-0.2, -0.15) is 0 Å². The molecule has 0 spiro atoms. The molecule has 1 saturated heterocycles. The number of nitrogens with zero attached hydrogens (tertiary/aromatic N) is 1. The van der Waals surface area contributed by atoms with E-state index in [0.29, 0.717) is 5.92 Å². The zero-order chi connectivity index (χ0) is 11.0. The van der Waals surface area contributed by atoms with Gasteiger partial charge < -0.3 is 5.32 Å². The van der Waals surface area contributed by atoms with Crippen molar-refractivity contribution < 1.29 is 0 Å². The molecule has 2 heterocycles. The Labute approximate surface area is 101 Å². The van der Waals surface area contributed by atoms with Gasteiger partial charge in [0.2, 0.25) is 0 Å². The molecule has 2 atom stereocenters. The Bertz CT molecular complexity index is 428. The lowest BCUT2D eigenvalue weighted by Crippen LogP contribution is -2.37. The molecule has 1 N–H and O–H groups in total. The van der Waals surface area contributed by atoms with E-state index in [1.165, 1.54) is 17.6 Å². The van der Waals surface area contributed by atoms with Crippen molar-refractivity contribution in [3.8, 4) is 0 Å². The molecule has 1 fully saturated rings. The molecule has 3 rings (SSSR count). The van der Waals surface area contributed by atoms with E-state index < -0.39 is 0 Å². The zero-order valence-corrected chi connectivity index (χ0v) is 9.87. The number of allylic oxidation sites excluding steroid dienone is 1. The van der Waals surface area contributed by atoms with E-state index in [0.717, 1.165) is 30.5 Å². The Hall–Kier alpha value is -0.860. The van der Waals surface area contributed by atoms with Crippen LogP contribution in [0.5, 0.6) is 0 Å². The Morgan fingerprint density at radius 2 is 2.25 bits per heavy atom. The number of nitrogens with one attached hydrogen (secondary N) is 1. The highest BCUT2D eigenvalue weighted by molar-refractivity contribution is 6.30. The first-order valence-electron chi connectivity index (χ1n) is 5.83. The average molecular weight is 235 g/mol. The number of piperidine rings is 1. The predicted molar refractivity (Wildman–Crippen MR) is 66.3 cm³/mol. The molecule has 0 unspecified atom stereocenters. The third-order valence-electron chi connectivity index (χ3n) is 3.50. The number of halogens is 1. The van der Waals surface area contributed by atoms with Gasteiger partial charge in [0.25, 0.3) is 0 Å². The van der Waals surface area contributed by atoms with Crippen molar-refractivity contribution in [3.63, 3.8) is 0 Å². The van der Waals surface area contributed by atoms with E-state index in [1.807, 2.05) is 12.3 Å². The topological polar surface area (TPSA) is 24.9 Å². The molecule has 2 nitrogen and oxygen atoms in total. The van der Waals surface area contributed by atoms with Crippen molar-refractivity contribution in [2.75, 3.05) is 13.1 Å². The summed E-state index contributed by atoms with van der Waals surface area (Å²) in [7, 11) is 0. The summed E-state index contributed by atoms with van der Waals surface area (Å²) < 4.78 is 0. The van der Waals surface area contributed by atoms with Crippen LogP contribution in [0.3, 0.4) is 0 Å². The summed E-state index contributed by atoms with van der Waals surface area (Å²) in [6.07, 6.45) is 8.51. The number of pyridine rings is 1. The van der Waals surface area contributed by atoms with Crippen LogP contribution in [0.1, 0.15) is 18.4 Å². The maximum atomic E-state index is 5.98. The first-order chi connectivity index (χ1) is 7.81. The second-order valence-electron chi connectivity index (χ2n) is 4.81. The van der Waals surface area contributed by atoms with E-state index in [2.05, 4.69) is 16.4 Å². The molecule has 1 aliphatic carbocycles. The molecular formula is C13H15ClN2. The van der Waals surface area contributed by atoms with Gasteiger partial charge in [-0.05, 0) is 48.4 Å². The van der Waals surface area contributed by atoms with E-state index in [4.69, 9.17) is 11.6 Å². The van der Waals surface area contributed by atoms with Gasteiger partial charge in [0.1, 0.15) is 0 Å². The maximum Gasteiger partial charge on any atom is 0.0595 e. The Morgan fingerprint density at radius 1 is 1.31 bits per heavy atom. The number of hydrogen-bond donors (Lipinski definition) is 1. The fraction of sp³-hybridized carbons (Fsp3) is 0.462. The number of rotatable bonds is 1. The SMILES string of the molecule is Clc1cncc(C2=C[C@@H]3CNC[C@H](C2)C3)c1. The van der Waals surface area contributed by atoms with Crippen LogP contribution in [0.15, 0.2) is 24.5 Å².